The predicted molar refractivity (Wildman–Crippen MR) is 70.1 cm³/mol. The Morgan fingerprint density at radius 3 is 2.58 bits per heavy atom. The third kappa shape index (κ3) is 2.75. The van der Waals surface area contributed by atoms with Crippen molar-refractivity contribution < 1.29 is 14.6 Å². The summed E-state index contributed by atoms with van der Waals surface area (Å²) in [5.74, 6) is 1.56. The van der Waals surface area contributed by atoms with Crippen LogP contribution in [-0.2, 0) is 6.54 Å². The van der Waals surface area contributed by atoms with E-state index >= 15 is 0 Å². The van der Waals surface area contributed by atoms with Crippen molar-refractivity contribution in [1.82, 2.24) is 15.3 Å². The highest BCUT2D eigenvalue weighted by Gasteiger charge is 2.18. The number of ether oxygens (including phenoxy) is 2. The highest BCUT2D eigenvalue weighted by Crippen LogP contribution is 2.37. The van der Waals surface area contributed by atoms with Gasteiger partial charge in [-0.15, -0.1) is 0 Å². The highest BCUT2D eigenvalue weighted by molar-refractivity contribution is 5.51. The van der Waals surface area contributed by atoms with Crippen LogP contribution in [0.1, 0.15) is 5.56 Å². The topological polar surface area (TPSA) is 57.2 Å². The lowest BCUT2D eigenvalue weighted by Crippen LogP contribution is -2.50. The lowest BCUT2D eigenvalue weighted by molar-refractivity contribution is 0.102. The van der Waals surface area contributed by atoms with E-state index in [0.29, 0.717) is 18.0 Å². The average molecular weight is 265 g/mol. The molecule has 0 aromatic heterocycles. The van der Waals surface area contributed by atoms with Crippen molar-refractivity contribution in [2.24, 2.45) is 0 Å². The van der Waals surface area contributed by atoms with Crippen LogP contribution in [0.15, 0.2) is 12.1 Å². The van der Waals surface area contributed by atoms with Crippen molar-refractivity contribution >= 4 is 0 Å². The van der Waals surface area contributed by atoms with Gasteiger partial charge >= 0.3 is 0 Å². The standard InChI is InChI=1S/C13H19N3O3/c1-15-2-4-16(5-3-15)14-8-10-6-12-13(7-11(10)17)19-9-18-12/h6-7,14,17H,2-5,8-9H2,1H3. The Morgan fingerprint density at radius 1 is 1.16 bits per heavy atom. The summed E-state index contributed by atoms with van der Waals surface area (Å²) in [6.07, 6.45) is 0. The van der Waals surface area contributed by atoms with Crippen LogP contribution < -0.4 is 14.9 Å². The van der Waals surface area contributed by atoms with Crippen molar-refractivity contribution in [3.05, 3.63) is 17.7 Å². The number of hydrazine groups is 1. The molecule has 2 N–H and O–H groups in total. The molecule has 2 aliphatic heterocycles. The summed E-state index contributed by atoms with van der Waals surface area (Å²) in [6, 6.07) is 3.45. The van der Waals surface area contributed by atoms with Gasteiger partial charge in [-0.25, -0.2) is 5.01 Å². The third-order valence-electron chi connectivity index (χ3n) is 3.57. The van der Waals surface area contributed by atoms with Gasteiger partial charge in [0.25, 0.3) is 0 Å². The summed E-state index contributed by atoms with van der Waals surface area (Å²) in [5.41, 5.74) is 4.16. The number of nitrogens with one attached hydrogen (secondary N) is 1. The minimum atomic E-state index is 0.226. The van der Waals surface area contributed by atoms with Crippen molar-refractivity contribution in [2.45, 2.75) is 6.54 Å². The van der Waals surface area contributed by atoms with E-state index in [-0.39, 0.29) is 12.5 Å². The first-order valence-corrected chi connectivity index (χ1v) is 6.51. The first-order chi connectivity index (χ1) is 9.22. The number of fused-ring (bicyclic) bond motifs is 1. The molecule has 0 spiro atoms. The van der Waals surface area contributed by atoms with Gasteiger partial charge in [-0.05, 0) is 13.1 Å². The molecule has 3 rings (SSSR count). The fraction of sp³-hybridized carbons (Fsp3) is 0.538. The molecular formula is C13H19N3O3. The summed E-state index contributed by atoms with van der Waals surface area (Å²) in [4.78, 5) is 2.30. The number of likely N-dealkylation sites (N-methyl/N-ethyl adjacent to an activating group) is 1. The second-order valence-corrected chi connectivity index (χ2v) is 4.96. The lowest BCUT2D eigenvalue weighted by atomic mass is 10.2. The van der Waals surface area contributed by atoms with Gasteiger partial charge in [0.2, 0.25) is 6.79 Å². The maximum atomic E-state index is 9.94. The Bertz CT molecular complexity index is 459. The second-order valence-electron chi connectivity index (χ2n) is 4.96. The van der Waals surface area contributed by atoms with Crippen LogP contribution in [0.2, 0.25) is 0 Å². The zero-order valence-electron chi connectivity index (χ0n) is 11.1. The minimum Gasteiger partial charge on any atom is -0.507 e. The van der Waals surface area contributed by atoms with E-state index in [9.17, 15) is 5.11 Å². The van der Waals surface area contributed by atoms with E-state index in [1.54, 1.807) is 6.07 Å². The summed E-state index contributed by atoms with van der Waals surface area (Å²) >= 11 is 0. The van der Waals surface area contributed by atoms with E-state index in [2.05, 4.69) is 22.4 Å². The molecule has 19 heavy (non-hydrogen) atoms. The quantitative estimate of drug-likeness (QED) is 0.823. The molecule has 1 saturated heterocycles. The van der Waals surface area contributed by atoms with E-state index < -0.39 is 0 Å². The van der Waals surface area contributed by atoms with E-state index in [4.69, 9.17) is 9.47 Å². The zero-order chi connectivity index (χ0) is 13.2. The Hall–Kier alpha value is -1.50. The van der Waals surface area contributed by atoms with Gasteiger partial charge in [0, 0.05) is 44.4 Å². The normalized spacial score (nSPS) is 19.8. The number of hydrogen-bond donors (Lipinski definition) is 2. The van der Waals surface area contributed by atoms with Gasteiger partial charge in [0.1, 0.15) is 5.75 Å². The summed E-state index contributed by atoms with van der Waals surface area (Å²) < 4.78 is 10.5. The van der Waals surface area contributed by atoms with Gasteiger partial charge in [0.05, 0.1) is 0 Å². The Labute approximate surface area is 112 Å². The van der Waals surface area contributed by atoms with Crippen LogP contribution in [-0.4, -0.2) is 55.0 Å². The molecular weight excluding hydrogens is 246 g/mol. The van der Waals surface area contributed by atoms with Crippen LogP contribution >= 0.6 is 0 Å². The maximum Gasteiger partial charge on any atom is 0.231 e. The largest absolute Gasteiger partial charge is 0.507 e. The number of nitrogens with zero attached hydrogens (tertiary/aromatic N) is 2. The molecule has 1 aromatic rings. The van der Waals surface area contributed by atoms with Gasteiger partial charge < -0.3 is 19.5 Å². The fourth-order valence-electron chi connectivity index (χ4n) is 2.28. The molecule has 0 atom stereocenters. The van der Waals surface area contributed by atoms with Crippen LogP contribution in [0.5, 0.6) is 17.2 Å². The number of phenolic OH excluding ortho intramolecular Hbond substituents is 1. The zero-order valence-corrected chi connectivity index (χ0v) is 11.1. The summed E-state index contributed by atoms with van der Waals surface area (Å²) in [6.45, 7) is 4.90. The molecule has 0 aliphatic carbocycles. The molecule has 0 radical (unpaired) electrons. The van der Waals surface area contributed by atoms with Crippen LogP contribution in [0.25, 0.3) is 0 Å². The van der Waals surface area contributed by atoms with Crippen molar-refractivity contribution in [1.29, 1.82) is 0 Å². The molecule has 6 heteroatoms. The van der Waals surface area contributed by atoms with Crippen molar-refractivity contribution in [3.8, 4) is 17.2 Å². The molecule has 1 fully saturated rings. The molecule has 6 nitrogen and oxygen atoms in total. The van der Waals surface area contributed by atoms with E-state index in [0.717, 1.165) is 31.7 Å². The molecule has 0 bridgehead atoms. The van der Waals surface area contributed by atoms with Gasteiger partial charge in [-0.3, -0.25) is 5.43 Å². The van der Waals surface area contributed by atoms with Gasteiger partial charge in [-0.1, -0.05) is 0 Å². The highest BCUT2D eigenvalue weighted by atomic mass is 16.7. The monoisotopic (exact) mass is 265 g/mol. The van der Waals surface area contributed by atoms with Crippen LogP contribution in [0, 0.1) is 0 Å². The molecule has 2 aliphatic rings. The molecule has 0 saturated carbocycles. The SMILES string of the molecule is CN1CCN(NCc2cc3c(cc2O)OCO3)CC1. The first kappa shape index (κ1) is 12.5. The number of benzene rings is 1. The predicted octanol–water partition coefficient (Wildman–Crippen LogP) is 0.373. The molecule has 0 unspecified atom stereocenters. The number of phenols is 1. The minimum absolute atomic E-state index is 0.226. The van der Waals surface area contributed by atoms with Crippen molar-refractivity contribution in [2.75, 3.05) is 40.0 Å². The van der Waals surface area contributed by atoms with Crippen molar-refractivity contribution in [3.63, 3.8) is 0 Å². The summed E-state index contributed by atoms with van der Waals surface area (Å²) in [7, 11) is 2.13. The number of piperazine rings is 1. The van der Waals surface area contributed by atoms with Gasteiger partial charge in [0.15, 0.2) is 11.5 Å². The molecule has 0 amide bonds. The molecule has 2 heterocycles. The number of aromatic hydroxyl groups is 1. The Kier molecular flexibility index (Phi) is 3.46. The third-order valence-corrected chi connectivity index (χ3v) is 3.57. The second kappa shape index (κ2) is 5.24. The maximum absolute atomic E-state index is 9.94. The molecule has 104 valence electrons. The van der Waals surface area contributed by atoms with Crippen LogP contribution in [0.4, 0.5) is 0 Å². The Morgan fingerprint density at radius 2 is 1.84 bits per heavy atom. The number of rotatable bonds is 3. The number of hydrogen-bond acceptors (Lipinski definition) is 6. The first-order valence-electron chi connectivity index (χ1n) is 6.51. The smallest absolute Gasteiger partial charge is 0.231 e. The van der Waals surface area contributed by atoms with Gasteiger partial charge in [-0.2, -0.15) is 0 Å². The van der Waals surface area contributed by atoms with E-state index in [1.165, 1.54) is 0 Å². The summed E-state index contributed by atoms with van der Waals surface area (Å²) in [5, 5.41) is 12.1. The van der Waals surface area contributed by atoms with Crippen LogP contribution in [0.3, 0.4) is 0 Å². The Balaban J connectivity index is 1.61. The lowest BCUT2D eigenvalue weighted by Gasteiger charge is -2.32. The van der Waals surface area contributed by atoms with E-state index in [1.807, 2.05) is 6.07 Å². The fourth-order valence-corrected chi connectivity index (χ4v) is 2.28. The average Bonchev–Trinajstić information content (AvgIpc) is 2.85. The molecule has 1 aromatic carbocycles.